The van der Waals surface area contributed by atoms with Crippen LogP contribution in [0.2, 0.25) is 5.15 Å². The molecule has 196 valence electrons. The van der Waals surface area contributed by atoms with Crippen LogP contribution < -0.4 is 10.6 Å². The van der Waals surface area contributed by atoms with Crippen molar-refractivity contribution in [2.45, 2.75) is 59.6 Å². The quantitative estimate of drug-likeness (QED) is 0.255. The summed E-state index contributed by atoms with van der Waals surface area (Å²) in [5.74, 6) is 0.0523. The lowest BCUT2D eigenvalue weighted by Gasteiger charge is -2.12. The molecule has 2 aromatic heterocycles. The Morgan fingerprint density at radius 1 is 1.22 bits per heavy atom. The van der Waals surface area contributed by atoms with Crippen LogP contribution in [-0.4, -0.2) is 32.6 Å². The van der Waals surface area contributed by atoms with Crippen LogP contribution in [-0.2, 0) is 4.79 Å². The van der Waals surface area contributed by atoms with Gasteiger partial charge in [0.1, 0.15) is 5.15 Å². The molecule has 2 rings (SSSR count). The van der Waals surface area contributed by atoms with E-state index in [-0.39, 0.29) is 18.4 Å². The number of allylic oxidation sites excluding steroid dienone is 5. The minimum Gasteiger partial charge on any atom is -0.343 e. The van der Waals surface area contributed by atoms with Crippen LogP contribution in [0.25, 0.3) is 5.57 Å². The fraction of sp³-hybridized carbons (Fsp3) is 0.444. The number of carbonyl (C=O) groups excluding carboxylic acids is 2. The summed E-state index contributed by atoms with van der Waals surface area (Å²) >= 11 is 9.07. The topological polar surface area (TPSA) is 76.0 Å². The van der Waals surface area contributed by atoms with Crippen LogP contribution in [0, 0.1) is 11.8 Å². The molecule has 6 nitrogen and oxygen atoms in total. The Hall–Kier alpha value is -2.29. The Labute approximate surface area is 228 Å². The first-order valence-corrected chi connectivity index (χ1v) is 14.3. The van der Waals surface area contributed by atoms with Gasteiger partial charge in [0.05, 0.1) is 17.8 Å². The van der Waals surface area contributed by atoms with E-state index >= 15 is 0 Å². The van der Waals surface area contributed by atoms with Gasteiger partial charge in [0.25, 0.3) is 5.91 Å². The highest BCUT2D eigenvalue weighted by Gasteiger charge is 2.16. The lowest BCUT2D eigenvalue weighted by Crippen LogP contribution is -2.32. The van der Waals surface area contributed by atoms with E-state index in [2.05, 4.69) is 62.0 Å². The van der Waals surface area contributed by atoms with E-state index in [0.29, 0.717) is 32.9 Å². The third kappa shape index (κ3) is 8.98. The van der Waals surface area contributed by atoms with Gasteiger partial charge in [0, 0.05) is 16.8 Å². The van der Waals surface area contributed by atoms with Crippen LogP contribution in [0.5, 0.6) is 0 Å². The summed E-state index contributed by atoms with van der Waals surface area (Å²) in [6, 6.07) is 1.59. The number of hydrogen-bond donors (Lipinski definition) is 2. The molecule has 2 N–H and O–H groups in total. The van der Waals surface area contributed by atoms with E-state index in [4.69, 9.17) is 11.6 Å². The van der Waals surface area contributed by atoms with Crippen molar-refractivity contribution in [3.05, 3.63) is 64.4 Å². The van der Waals surface area contributed by atoms with Crippen molar-refractivity contribution in [3.8, 4) is 0 Å². The maximum atomic E-state index is 12.5. The molecule has 9 heteroatoms. The highest BCUT2D eigenvalue weighted by atomic mass is 35.5. The number of halogens is 1. The van der Waals surface area contributed by atoms with Crippen molar-refractivity contribution >= 4 is 57.4 Å². The van der Waals surface area contributed by atoms with Gasteiger partial charge in [-0.1, -0.05) is 83.5 Å². The number of thiazole rings is 1. The second-order valence-electron chi connectivity index (χ2n) is 8.97. The fourth-order valence-corrected chi connectivity index (χ4v) is 4.97. The van der Waals surface area contributed by atoms with Gasteiger partial charge in [-0.2, -0.15) is 0 Å². The predicted molar refractivity (Wildman–Crippen MR) is 156 cm³/mol. The molecule has 36 heavy (non-hydrogen) atoms. The molecular weight excluding hydrogens is 512 g/mol. The molecule has 0 radical (unpaired) electrons. The largest absolute Gasteiger partial charge is 0.343 e. The number of nitrogens with one attached hydrogen (secondary N) is 2. The van der Waals surface area contributed by atoms with Crippen molar-refractivity contribution < 1.29 is 9.59 Å². The highest BCUT2D eigenvalue weighted by molar-refractivity contribution is 7.98. The maximum Gasteiger partial charge on any atom is 0.253 e. The Morgan fingerprint density at radius 3 is 2.56 bits per heavy atom. The van der Waals surface area contributed by atoms with Gasteiger partial charge in [0.15, 0.2) is 5.13 Å². The van der Waals surface area contributed by atoms with E-state index < -0.39 is 0 Å². The standard InChI is InChI=1S/C27H37ClN4O2S2/c1-8-18(5)20(7)11-10-12-22(19(6)9-2)23-16-35-27(30-23)31-25(33)14-29-26(34)21-13-24(28)32(15-21)36-17(3)4/h10-13,15-19H,7-9,14H2,1-6H3,(H,29,34)(H,30,31,33)/b11-10-,22-12+. The monoisotopic (exact) mass is 548 g/mol. The first-order chi connectivity index (χ1) is 17.0. The molecule has 0 saturated carbocycles. The van der Waals surface area contributed by atoms with Crippen molar-refractivity contribution in [3.63, 3.8) is 0 Å². The van der Waals surface area contributed by atoms with Crippen LogP contribution in [0.1, 0.15) is 70.4 Å². The second kappa shape index (κ2) is 14.4. The smallest absolute Gasteiger partial charge is 0.253 e. The summed E-state index contributed by atoms with van der Waals surface area (Å²) in [5, 5.41) is 8.63. The van der Waals surface area contributed by atoms with E-state index in [9.17, 15) is 9.59 Å². The lowest BCUT2D eigenvalue weighted by molar-refractivity contribution is -0.115. The molecule has 0 bridgehead atoms. The van der Waals surface area contributed by atoms with Crippen molar-refractivity contribution in [1.29, 1.82) is 0 Å². The first-order valence-electron chi connectivity index (χ1n) is 12.2. The van der Waals surface area contributed by atoms with Crippen LogP contribution >= 0.6 is 34.9 Å². The van der Waals surface area contributed by atoms with Gasteiger partial charge in [0.2, 0.25) is 5.91 Å². The van der Waals surface area contributed by atoms with Gasteiger partial charge < -0.3 is 10.6 Å². The molecule has 2 amide bonds. The van der Waals surface area contributed by atoms with E-state index in [1.165, 1.54) is 23.3 Å². The highest BCUT2D eigenvalue weighted by Crippen LogP contribution is 2.29. The van der Waals surface area contributed by atoms with E-state index in [0.717, 1.165) is 29.7 Å². The molecule has 0 spiro atoms. The normalized spacial score (nSPS) is 13.7. The Balaban J connectivity index is 2.00. The maximum absolute atomic E-state index is 12.5. The number of carbonyl (C=O) groups is 2. The summed E-state index contributed by atoms with van der Waals surface area (Å²) < 4.78 is 1.75. The fourth-order valence-electron chi connectivity index (χ4n) is 3.16. The Bertz CT molecular complexity index is 1120. The number of anilines is 1. The van der Waals surface area contributed by atoms with Gasteiger partial charge in [-0.25, -0.2) is 4.98 Å². The molecule has 0 fully saturated rings. The molecule has 2 atom stereocenters. The van der Waals surface area contributed by atoms with Gasteiger partial charge >= 0.3 is 0 Å². The number of rotatable bonds is 13. The minimum atomic E-state index is -0.359. The molecule has 0 aromatic carbocycles. The SMILES string of the molecule is C=C(/C=C\C=C(\c1csc(NC(=O)CNC(=O)c2cc(Cl)n(SC(C)C)c2)n1)C(C)CC)C(C)CC. The number of aromatic nitrogens is 2. The summed E-state index contributed by atoms with van der Waals surface area (Å²) in [7, 11) is 0. The Kier molecular flexibility index (Phi) is 12.0. The van der Waals surface area contributed by atoms with Crippen LogP contribution in [0.3, 0.4) is 0 Å². The molecule has 2 unspecified atom stereocenters. The lowest BCUT2D eigenvalue weighted by atomic mass is 9.95. The molecule has 2 heterocycles. The summed E-state index contributed by atoms with van der Waals surface area (Å²) in [6.45, 7) is 16.7. The van der Waals surface area contributed by atoms with Gasteiger partial charge in [-0.15, -0.1) is 11.3 Å². The molecule has 0 saturated heterocycles. The van der Waals surface area contributed by atoms with E-state index in [1.54, 1.807) is 16.2 Å². The number of nitrogens with zero attached hydrogens (tertiary/aromatic N) is 2. The summed E-state index contributed by atoms with van der Waals surface area (Å²) in [6.07, 6.45) is 9.86. The van der Waals surface area contributed by atoms with Crippen LogP contribution in [0.4, 0.5) is 5.13 Å². The predicted octanol–water partition coefficient (Wildman–Crippen LogP) is 7.46. The molecule has 2 aromatic rings. The average Bonchev–Trinajstić information content (AvgIpc) is 3.45. The summed E-state index contributed by atoms with van der Waals surface area (Å²) in [5.41, 5.74) is 3.45. The van der Waals surface area contributed by atoms with Gasteiger partial charge in [-0.3, -0.25) is 13.6 Å². The molecular formula is C27H37ClN4O2S2. The van der Waals surface area contributed by atoms with Crippen molar-refractivity contribution in [1.82, 2.24) is 14.3 Å². The zero-order valence-corrected chi connectivity index (χ0v) is 24.3. The zero-order valence-electron chi connectivity index (χ0n) is 21.9. The zero-order chi connectivity index (χ0) is 26.8. The number of amides is 2. The average molecular weight is 549 g/mol. The second-order valence-corrected chi connectivity index (χ2v) is 11.8. The van der Waals surface area contributed by atoms with Gasteiger partial charge in [-0.05, 0) is 48.3 Å². The third-order valence-electron chi connectivity index (χ3n) is 5.76. The Morgan fingerprint density at radius 2 is 1.92 bits per heavy atom. The summed E-state index contributed by atoms with van der Waals surface area (Å²) in [4.78, 5) is 29.5. The third-order valence-corrected chi connectivity index (χ3v) is 7.86. The number of hydrogen-bond acceptors (Lipinski definition) is 5. The molecule has 0 aliphatic rings. The van der Waals surface area contributed by atoms with Crippen molar-refractivity contribution in [2.24, 2.45) is 11.8 Å². The molecule has 0 aliphatic heterocycles. The minimum absolute atomic E-state index is 0.164. The van der Waals surface area contributed by atoms with Crippen LogP contribution in [0.15, 0.2) is 48.0 Å². The molecule has 0 aliphatic carbocycles. The first kappa shape index (κ1) is 29.9. The van der Waals surface area contributed by atoms with Crippen molar-refractivity contribution in [2.75, 3.05) is 11.9 Å². The van der Waals surface area contributed by atoms with E-state index in [1.807, 2.05) is 25.3 Å².